The summed E-state index contributed by atoms with van der Waals surface area (Å²) in [5.41, 5.74) is 5.18. The third kappa shape index (κ3) is 2.33. The SMILES string of the molecule is CCc1[c]cc(-c2ccc(CC)cc2)cc1. The fourth-order valence-electron chi connectivity index (χ4n) is 1.79. The molecule has 0 aliphatic heterocycles. The van der Waals surface area contributed by atoms with Gasteiger partial charge in [0.05, 0.1) is 0 Å². The zero-order valence-electron chi connectivity index (χ0n) is 9.96. The Hall–Kier alpha value is -1.56. The van der Waals surface area contributed by atoms with E-state index >= 15 is 0 Å². The molecule has 0 nitrogen and oxygen atoms in total. The molecule has 16 heavy (non-hydrogen) atoms. The molecule has 0 spiro atoms. The number of rotatable bonds is 3. The Morgan fingerprint density at radius 3 is 2.00 bits per heavy atom. The van der Waals surface area contributed by atoms with Crippen LogP contribution in [0.4, 0.5) is 0 Å². The molecule has 0 N–H and O–H groups in total. The lowest BCUT2D eigenvalue weighted by molar-refractivity contribution is 1.13. The Labute approximate surface area is 97.9 Å². The van der Waals surface area contributed by atoms with E-state index in [2.05, 4.69) is 62.4 Å². The molecule has 0 aromatic heterocycles. The minimum atomic E-state index is 1.05. The Morgan fingerprint density at radius 1 is 0.812 bits per heavy atom. The van der Waals surface area contributed by atoms with Gasteiger partial charge >= 0.3 is 0 Å². The summed E-state index contributed by atoms with van der Waals surface area (Å²) in [6, 6.07) is 18.5. The zero-order chi connectivity index (χ0) is 11.4. The molecule has 0 unspecified atom stereocenters. The molecule has 0 atom stereocenters. The second-order valence-electron chi connectivity index (χ2n) is 4.01. The van der Waals surface area contributed by atoms with Gasteiger partial charge in [0.25, 0.3) is 0 Å². The number of benzene rings is 2. The average molecular weight is 209 g/mol. The molecule has 0 aliphatic rings. The van der Waals surface area contributed by atoms with E-state index in [4.69, 9.17) is 0 Å². The van der Waals surface area contributed by atoms with E-state index in [9.17, 15) is 0 Å². The summed E-state index contributed by atoms with van der Waals surface area (Å²) in [5, 5.41) is 0. The summed E-state index contributed by atoms with van der Waals surface area (Å²) in [6.45, 7) is 4.33. The fraction of sp³-hybridized carbons (Fsp3) is 0.250. The van der Waals surface area contributed by atoms with Gasteiger partial charge in [-0.05, 0) is 47.2 Å². The topological polar surface area (TPSA) is 0 Å². The van der Waals surface area contributed by atoms with Gasteiger partial charge in [-0.2, -0.15) is 0 Å². The quantitative estimate of drug-likeness (QED) is 0.707. The van der Waals surface area contributed by atoms with E-state index in [1.165, 1.54) is 22.3 Å². The highest BCUT2D eigenvalue weighted by Crippen LogP contribution is 2.20. The molecule has 0 bridgehead atoms. The minimum absolute atomic E-state index is 1.05. The van der Waals surface area contributed by atoms with Crippen LogP contribution in [-0.2, 0) is 12.8 Å². The summed E-state index contributed by atoms with van der Waals surface area (Å²) in [6.07, 6.45) is 2.15. The first-order chi connectivity index (χ1) is 7.83. The van der Waals surface area contributed by atoms with E-state index in [1.54, 1.807) is 0 Å². The van der Waals surface area contributed by atoms with Gasteiger partial charge in [-0.1, -0.05) is 50.2 Å². The predicted octanol–water partition coefficient (Wildman–Crippen LogP) is 4.28. The smallest absolute Gasteiger partial charge is 0.0143 e. The van der Waals surface area contributed by atoms with Crippen LogP contribution in [0, 0.1) is 6.07 Å². The Bertz CT molecular complexity index is 389. The maximum atomic E-state index is 3.31. The van der Waals surface area contributed by atoms with Crippen molar-refractivity contribution >= 4 is 0 Å². The van der Waals surface area contributed by atoms with Gasteiger partial charge in [-0.3, -0.25) is 0 Å². The van der Waals surface area contributed by atoms with Gasteiger partial charge in [0.15, 0.2) is 0 Å². The minimum Gasteiger partial charge on any atom is -0.0613 e. The zero-order valence-corrected chi connectivity index (χ0v) is 9.96. The third-order valence-electron chi connectivity index (χ3n) is 2.95. The van der Waals surface area contributed by atoms with Gasteiger partial charge in [0.1, 0.15) is 0 Å². The van der Waals surface area contributed by atoms with Crippen molar-refractivity contribution in [2.75, 3.05) is 0 Å². The van der Waals surface area contributed by atoms with Crippen LogP contribution >= 0.6 is 0 Å². The first-order valence-corrected chi connectivity index (χ1v) is 5.93. The fourth-order valence-corrected chi connectivity index (χ4v) is 1.79. The van der Waals surface area contributed by atoms with Crippen molar-refractivity contribution in [2.45, 2.75) is 26.7 Å². The van der Waals surface area contributed by atoms with Crippen molar-refractivity contribution in [3.05, 3.63) is 59.7 Å². The van der Waals surface area contributed by atoms with Crippen LogP contribution in [0.3, 0.4) is 0 Å². The number of hydrogen-bond donors (Lipinski definition) is 0. The van der Waals surface area contributed by atoms with E-state index < -0.39 is 0 Å². The number of aryl methyl sites for hydroxylation is 2. The summed E-state index contributed by atoms with van der Waals surface area (Å²) in [4.78, 5) is 0. The molecule has 0 amide bonds. The molecule has 1 radical (unpaired) electrons. The van der Waals surface area contributed by atoms with Crippen LogP contribution in [-0.4, -0.2) is 0 Å². The Balaban J connectivity index is 2.28. The van der Waals surface area contributed by atoms with Gasteiger partial charge in [-0.15, -0.1) is 0 Å². The van der Waals surface area contributed by atoms with Crippen molar-refractivity contribution in [3.63, 3.8) is 0 Å². The second-order valence-corrected chi connectivity index (χ2v) is 4.01. The molecule has 0 saturated carbocycles. The predicted molar refractivity (Wildman–Crippen MR) is 69.5 cm³/mol. The summed E-state index contributed by atoms with van der Waals surface area (Å²) in [5.74, 6) is 0. The summed E-state index contributed by atoms with van der Waals surface area (Å²) in [7, 11) is 0. The van der Waals surface area contributed by atoms with Crippen molar-refractivity contribution in [1.82, 2.24) is 0 Å². The van der Waals surface area contributed by atoms with Gasteiger partial charge < -0.3 is 0 Å². The monoisotopic (exact) mass is 209 g/mol. The third-order valence-corrected chi connectivity index (χ3v) is 2.95. The van der Waals surface area contributed by atoms with E-state index in [0.29, 0.717) is 0 Å². The molecular weight excluding hydrogens is 192 g/mol. The number of hydrogen-bond acceptors (Lipinski definition) is 0. The first-order valence-electron chi connectivity index (χ1n) is 5.93. The van der Waals surface area contributed by atoms with Crippen LogP contribution < -0.4 is 0 Å². The summed E-state index contributed by atoms with van der Waals surface area (Å²) >= 11 is 0. The molecule has 0 heteroatoms. The molecular formula is C16H17. The lowest BCUT2D eigenvalue weighted by Gasteiger charge is -2.04. The molecule has 2 aromatic rings. The standard InChI is InChI=1S/C16H17/c1-3-13-5-9-15(10-6-13)16-11-7-14(4-2)8-12-16/h5-7,9-12H,3-4H2,1-2H3. The van der Waals surface area contributed by atoms with E-state index in [0.717, 1.165) is 12.8 Å². The highest BCUT2D eigenvalue weighted by molar-refractivity contribution is 5.63. The Morgan fingerprint density at radius 2 is 1.50 bits per heavy atom. The molecule has 0 fully saturated rings. The average Bonchev–Trinajstić information content (AvgIpc) is 2.39. The van der Waals surface area contributed by atoms with Crippen LogP contribution in [0.1, 0.15) is 25.0 Å². The molecule has 2 rings (SSSR count). The van der Waals surface area contributed by atoms with Crippen LogP contribution in [0.15, 0.2) is 42.5 Å². The molecule has 0 heterocycles. The molecule has 0 saturated heterocycles. The summed E-state index contributed by atoms with van der Waals surface area (Å²) < 4.78 is 0. The highest BCUT2D eigenvalue weighted by Gasteiger charge is 1.97. The molecule has 2 aromatic carbocycles. The second kappa shape index (κ2) is 4.98. The Kier molecular flexibility index (Phi) is 3.40. The molecule has 0 aliphatic carbocycles. The maximum absolute atomic E-state index is 3.31. The van der Waals surface area contributed by atoms with Crippen molar-refractivity contribution < 1.29 is 0 Å². The largest absolute Gasteiger partial charge is 0.0613 e. The van der Waals surface area contributed by atoms with Gasteiger partial charge in [0, 0.05) is 0 Å². The molecule has 81 valence electrons. The van der Waals surface area contributed by atoms with Crippen molar-refractivity contribution in [1.29, 1.82) is 0 Å². The van der Waals surface area contributed by atoms with E-state index in [-0.39, 0.29) is 0 Å². The maximum Gasteiger partial charge on any atom is -0.0143 e. The van der Waals surface area contributed by atoms with Crippen molar-refractivity contribution in [3.8, 4) is 11.1 Å². The lowest BCUT2D eigenvalue weighted by Crippen LogP contribution is -1.83. The van der Waals surface area contributed by atoms with Crippen LogP contribution in [0.2, 0.25) is 0 Å². The van der Waals surface area contributed by atoms with Crippen LogP contribution in [0.5, 0.6) is 0 Å². The van der Waals surface area contributed by atoms with Crippen molar-refractivity contribution in [2.24, 2.45) is 0 Å². The normalized spacial score (nSPS) is 10.4. The van der Waals surface area contributed by atoms with E-state index in [1.807, 2.05) is 0 Å². The van der Waals surface area contributed by atoms with Gasteiger partial charge in [0.2, 0.25) is 0 Å². The first kappa shape index (κ1) is 10.9. The van der Waals surface area contributed by atoms with Gasteiger partial charge in [-0.25, -0.2) is 0 Å². The lowest BCUT2D eigenvalue weighted by atomic mass is 10.0. The van der Waals surface area contributed by atoms with Crippen LogP contribution in [0.25, 0.3) is 11.1 Å². The highest BCUT2D eigenvalue weighted by atomic mass is 14.0.